The molecule has 0 spiro atoms. The maximum Gasteiger partial charge on any atom is 0.0462 e. The molecule has 0 bridgehead atoms. The van der Waals surface area contributed by atoms with Crippen LogP contribution in [0.3, 0.4) is 0 Å². The third-order valence-electron chi connectivity index (χ3n) is 8.29. The molecular formula is C45H35N. The van der Waals surface area contributed by atoms with Gasteiger partial charge in [-0.05, 0) is 99.5 Å². The Morgan fingerprint density at radius 3 is 1.50 bits per heavy atom. The van der Waals surface area contributed by atoms with Crippen LogP contribution >= 0.6 is 0 Å². The zero-order chi connectivity index (χ0) is 31.0. The van der Waals surface area contributed by atoms with Gasteiger partial charge in [-0.25, -0.2) is 0 Å². The maximum absolute atomic E-state index is 2.31. The van der Waals surface area contributed by atoms with Crippen molar-refractivity contribution in [3.63, 3.8) is 0 Å². The van der Waals surface area contributed by atoms with Gasteiger partial charge in [0, 0.05) is 17.1 Å². The molecule has 7 aromatic carbocycles. The molecule has 0 unspecified atom stereocenters. The molecule has 0 amide bonds. The Hall–Kier alpha value is -5.92. The van der Waals surface area contributed by atoms with Crippen molar-refractivity contribution in [2.45, 2.75) is 6.42 Å². The Morgan fingerprint density at radius 1 is 0.391 bits per heavy atom. The lowest BCUT2D eigenvalue weighted by atomic mass is 9.92. The number of benzene rings is 7. The van der Waals surface area contributed by atoms with Crippen LogP contribution in [-0.4, -0.2) is 0 Å². The van der Waals surface area contributed by atoms with Crippen molar-refractivity contribution < 1.29 is 0 Å². The second kappa shape index (κ2) is 13.8. The summed E-state index contributed by atoms with van der Waals surface area (Å²) in [4.78, 5) is 2.29. The second-order valence-electron chi connectivity index (χ2n) is 11.5. The molecule has 0 saturated heterocycles. The van der Waals surface area contributed by atoms with E-state index in [0.717, 1.165) is 29.0 Å². The summed E-state index contributed by atoms with van der Waals surface area (Å²) >= 11 is 0. The van der Waals surface area contributed by atoms with Gasteiger partial charge < -0.3 is 4.90 Å². The fraction of sp³-hybridized carbons (Fsp3) is 0.0222. The Balaban J connectivity index is 1.21. The Morgan fingerprint density at radius 2 is 0.891 bits per heavy atom. The van der Waals surface area contributed by atoms with E-state index in [1.54, 1.807) is 0 Å². The molecule has 0 fully saturated rings. The van der Waals surface area contributed by atoms with E-state index in [0.29, 0.717) is 0 Å². The normalized spacial score (nSPS) is 11.3. The smallest absolute Gasteiger partial charge is 0.0462 e. The second-order valence-corrected chi connectivity index (χ2v) is 11.5. The van der Waals surface area contributed by atoms with Crippen LogP contribution in [0.25, 0.3) is 22.8 Å². The lowest BCUT2D eigenvalue weighted by Gasteiger charge is -2.25. The quantitative estimate of drug-likeness (QED) is 0.151. The molecule has 0 N–H and O–H groups in total. The van der Waals surface area contributed by atoms with Crippen molar-refractivity contribution in [1.82, 2.24) is 0 Å². The van der Waals surface area contributed by atoms with Gasteiger partial charge >= 0.3 is 0 Å². The van der Waals surface area contributed by atoms with Crippen molar-refractivity contribution in [2.24, 2.45) is 0 Å². The molecular weight excluding hydrogens is 555 g/mol. The van der Waals surface area contributed by atoms with Gasteiger partial charge in [-0.15, -0.1) is 0 Å². The minimum Gasteiger partial charge on any atom is -0.311 e. The standard InChI is InChI=1S/C45H35N/c1-5-14-35(15-6-1)32-36-24-28-38(29-25-36)40-18-13-19-41(34-40)45(39-16-7-2-8-17-39)33-37-26-30-44(31-27-37)46(42-20-9-3-10-21-42)43-22-11-4-12-23-43/h1-31,33-34H,32H2. The van der Waals surface area contributed by atoms with E-state index in [2.05, 4.69) is 205 Å². The highest BCUT2D eigenvalue weighted by Gasteiger charge is 2.12. The van der Waals surface area contributed by atoms with E-state index >= 15 is 0 Å². The minimum atomic E-state index is 0.940. The number of hydrogen-bond acceptors (Lipinski definition) is 1. The first-order valence-electron chi connectivity index (χ1n) is 15.8. The van der Waals surface area contributed by atoms with E-state index in [1.807, 2.05) is 0 Å². The number of nitrogens with zero attached hydrogens (tertiary/aromatic N) is 1. The van der Waals surface area contributed by atoms with Crippen LogP contribution in [-0.2, 0) is 6.42 Å². The number of anilines is 3. The molecule has 0 aliphatic heterocycles. The topological polar surface area (TPSA) is 3.24 Å². The summed E-state index contributed by atoms with van der Waals surface area (Å²) in [6.45, 7) is 0. The molecule has 0 aliphatic rings. The molecule has 0 aliphatic carbocycles. The van der Waals surface area contributed by atoms with Crippen molar-refractivity contribution in [2.75, 3.05) is 4.90 Å². The van der Waals surface area contributed by atoms with Gasteiger partial charge in [-0.1, -0.05) is 152 Å². The first-order chi connectivity index (χ1) is 22.8. The molecule has 0 heterocycles. The summed E-state index contributed by atoms with van der Waals surface area (Å²) in [5.74, 6) is 0. The van der Waals surface area contributed by atoms with Crippen LogP contribution < -0.4 is 4.90 Å². The average Bonchev–Trinajstić information content (AvgIpc) is 3.13. The lowest BCUT2D eigenvalue weighted by molar-refractivity contribution is 1.19. The molecule has 0 radical (unpaired) electrons. The van der Waals surface area contributed by atoms with E-state index in [1.165, 1.54) is 39.0 Å². The Kier molecular flexibility index (Phi) is 8.65. The zero-order valence-corrected chi connectivity index (χ0v) is 25.7. The SMILES string of the molecule is C(=C(c1ccccc1)c1cccc(-c2ccc(Cc3ccccc3)cc2)c1)c1ccc(N(c2ccccc2)c2ccccc2)cc1. The van der Waals surface area contributed by atoms with E-state index in [-0.39, 0.29) is 0 Å². The van der Waals surface area contributed by atoms with E-state index in [9.17, 15) is 0 Å². The number of rotatable bonds is 9. The van der Waals surface area contributed by atoms with Gasteiger partial charge in [0.05, 0.1) is 0 Å². The Bertz CT molecular complexity index is 1970. The van der Waals surface area contributed by atoms with Gasteiger partial charge in [0.1, 0.15) is 0 Å². The fourth-order valence-corrected chi connectivity index (χ4v) is 5.95. The molecule has 1 nitrogen and oxygen atoms in total. The lowest BCUT2D eigenvalue weighted by Crippen LogP contribution is -2.09. The van der Waals surface area contributed by atoms with E-state index < -0.39 is 0 Å². The van der Waals surface area contributed by atoms with Crippen LogP contribution in [0, 0.1) is 0 Å². The van der Waals surface area contributed by atoms with Crippen LogP contribution in [0.15, 0.2) is 194 Å². The summed E-state index contributed by atoms with van der Waals surface area (Å²) in [5, 5.41) is 0. The van der Waals surface area contributed by atoms with Crippen molar-refractivity contribution >= 4 is 28.7 Å². The van der Waals surface area contributed by atoms with Gasteiger partial charge in [0.2, 0.25) is 0 Å². The molecule has 0 aromatic heterocycles. The van der Waals surface area contributed by atoms with Gasteiger partial charge in [-0.2, -0.15) is 0 Å². The predicted molar refractivity (Wildman–Crippen MR) is 196 cm³/mol. The molecule has 7 rings (SSSR count). The highest BCUT2D eigenvalue weighted by Crippen LogP contribution is 2.35. The maximum atomic E-state index is 2.31. The number of para-hydroxylation sites is 2. The summed E-state index contributed by atoms with van der Waals surface area (Å²) < 4.78 is 0. The first kappa shape index (κ1) is 28.8. The van der Waals surface area contributed by atoms with Crippen molar-refractivity contribution in [3.05, 3.63) is 222 Å². The van der Waals surface area contributed by atoms with E-state index in [4.69, 9.17) is 0 Å². The highest BCUT2D eigenvalue weighted by molar-refractivity contribution is 5.92. The first-order valence-corrected chi connectivity index (χ1v) is 15.8. The van der Waals surface area contributed by atoms with Crippen LogP contribution in [0.5, 0.6) is 0 Å². The average molecular weight is 590 g/mol. The summed E-state index contributed by atoms with van der Waals surface area (Å²) in [7, 11) is 0. The molecule has 1 heteroatoms. The summed E-state index contributed by atoms with van der Waals surface area (Å²) in [6.07, 6.45) is 3.24. The summed E-state index contributed by atoms with van der Waals surface area (Å²) in [5.41, 5.74) is 13.2. The highest BCUT2D eigenvalue weighted by atomic mass is 15.1. The van der Waals surface area contributed by atoms with Crippen LogP contribution in [0.4, 0.5) is 17.1 Å². The minimum absolute atomic E-state index is 0.940. The third-order valence-corrected chi connectivity index (χ3v) is 8.29. The molecule has 0 saturated carbocycles. The molecule has 46 heavy (non-hydrogen) atoms. The van der Waals surface area contributed by atoms with Crippen LogP contribution in [0.1, 0.15) is 27.8 Å². The van der Waals surface area contributed by atoms with Gasteiger partial charge in [0.25, 0.3) is 0 Å². The zero-order valence-electron chi connectivity index (χ0n) is 25.7. The third kappa shape index (κ3) is 6.75. The van der Waals surface area contributed by atoms with Crippen LogP contribution in [0.2, 0.25) is 0 Å². The fourth-order valence-electron chi connectivity index (χ4n) is 5.95. The van der Waals surface area contributed by atoms with Crippen molar-refractivity contribution in [1.29, 1.82) is 0 Å². The molecule has 220 valence electrons. The van der Waals surface area contributed by atoms with Gasteiger partial charge in [-0.3, -0.25) is 0 Å². The van der Waals surface area contributed by atoms with Gasteiger partial charge in [0.15, 0.2) is 0 Å². The summed E-state index contributed by atoms with van der Waals surface area (Å²) in [6, 6.07) is 69.1. The monoisotopic (exact) mass is 589 g/mol. The predicted octanol–water partition coefficient (Wildman–Crippen LogP) is 12.0. The number of hydrogen-bond donors (Lipinski definition) is 0. The Labute approximate surface area is 272 Å². The molecule has 0 atom stereocenters. The largest absolute Gasteiger partial charge is 0.311 e. The molecule has 7 aromatic rings. The van der Waals surface area contributed by atoms with Crippen molar-refractivity contribution in [3.8, 4) is 11.1 Å².